The van der Waals surface area contributed by atoms with Gasteiger partial charge in [-0.3, -0.25) is 4.79 Å². The minimum absolute atomic E-state index is 0.0914. The van der Waals surface area contributed by atoms with Crippen molar-refractivity contribution >= 4 is 0 Å². The van der Waals surface area contributed by atoms with Gasteiger partial charge in [0.05, 0.1) is 5.69 Å². The molecule has 1 aromatic carbocycles. The van der Waals surface area contributed by atoms with Crippen molar-refractivity contribution in [2.75, 3.05) is 0 Å². The van der Waals surface area contributed by atoms with E-state index < -0.39 is 0 Å². The van der Waals surface area contributed by atoms with Crippen molar-refractivity contribution in [3.8, 4) is 11.4 Å². The highest BCUT2D eigenvalue weighted by atomic mass is 16.1. The summed E-state index contributed by atoms with van der Waals surface area (Å²) in [6, 6.07) is 5.80. The van der Waals surface area contributed by atoms with Crippen LogP contribution in [0.1, 0.15) is 42.1 Å². The summed E-state index contributed by atoms with van der Waals surface area (Å²) >= 11 is 0. The second kappa shape index (κ2) is 5.00. The van der Waals surface area contributed by atoms with Gasteiger partial charge in [0.1, 0.15) is 5.82 Å². The summed E-state index contributed by atoms with van der Waals surface area (Å²) in [5, 5.41) is 0. The summed E-state index contributed by atoms with van der Waals surface area (Å²) in [7, 11) is 0. The van der Waals surface area contributed by atoms with Gasteiger partial charge in [0, 0.05) is 11.6 Å². The number of nitrogens with one attached hydrogen (secondary N) is 1. The molecule has 0 aliphatic heterocycles. The van der Waals surface area contributed by atoms with Crippen molar-refractivity contribution < 1.29 is 0 Å². The van der Waals surface area contributed by atoms with Crippen LogP contribution < -0.4 is 5.56 Å². The fraction of sp³-hybridized carbons (Fsp3) is 0.375. The first-order chi connectivity index (χ1) is 8.88. The number of hydrogen-bond donors (Lipinski definition) is 1. The van der Waals surface area contributed by atoms with E-state index >= 15 is 0 Å². The molecule has 0 aliphatic carbocycles. The van der Waals surface area contributed by atoms with Crippen molar-refractivity contribution in [1.82, 2.24) is 9.97 Å². The maximum Gasteiger partial charge on any atom is 0.251 e. The van der Waals surface area contributed by atoms with E-state index in [1.807, 2.05) is 20.8 Å². The molecule has 100 valence electrons. The number of hydrogen-bond acceptors (Lipinski definition) is 2. The van der Waals surface area contributed by atoms with Crippen LogP contribution in [-0.2, 0) is 0 Å². The summed E-state index contributed by atoms with van der Waals surface area (Å²) in [5.74, 6) is 0.907. The molecule has 0 amide bonds. The Kier molecular flexibility index (Phi) is 3.56. The molecule has 2 rings (SSSR count). The average Bonchev–Trinajstić information content (AvgIpc) is 2.33. The van der Waals surface area contributed by atoms with Crippen LogP contribution in [0.2, 0.25) is 0 Å². The lowest BCUT2D eigenvalue weighted by Gasteiger charge is -2.11. The Labute approximate surface area is 113 Å². The lowest BCUT2D eigenvalue weighted by Crippen LogP contribution is -2.11. The number of rotatable bonds is 2. The molecule has 0 atom stereocenters. The largest absolute Gasteiger partial charge is 0.307 e. The van der Waals surface area contributed by atoms with E-state index in [0.717, 1.165) is 16.8 Å². The summed E-state index contributed by atoms with van der Waals surface area (Å²) < 4.78 is 0. The zero-order chi connectivity index (χ0) is 14.2. The summed E-state index contributed by atoms with van der Waals surface area (Å²) in [6.45, 7) is 10.3. The minimum atomic E-state index is -0.0914. The van der Waals surface area contributed by atoms with Crippen LogP contribution in [-0.4, -0.2) is 9.97 Å². The molecule has 3 nitrogen and oxygen atoms in total. The van der Waals surface area contributed by atoms with Gasteiger partial charge in [0.25, 0.3) is 5.56 Å². The molecule has 1 N–H and O–H groups in total. The van der Waals surface area contributed by atoms with Crippen LogP contribution in [0.4, 0.5) is 0 Å². The maximum absolute atomic E-state index is 11.8. The molecule has 0 radical (unpaired) electrons. The highest BCUT2D eigenvalue weighted by molar-refractivity contribution is 5.62. The van der Waals surface area contributed by atoms with Gasteiger partial charge in [0.15, 0.2) is 0 Å². The Balaban J connectivity index is 2.65. The Hall–Kier alpha value is -1.90. The van der Waals surface area contributed by atoms with Crippen molar-refractivity contribution in [2.24, 2.45) is 0 Å². The molecular formula is C16H20N2O. The van der Waals surface area contributed by atoms with Crippen molar-refractivity contribution in [3.63, 3.8) is 0 Å². The third-order valence-electron chi connectivity index (χ3n) is 3.45. The molecule has 0 bridgehead atoms. The van der Waals surface area contributed by atoms with Crippen LogP contribution >= 0.6 is 0 Å². The lowest BCUT2D eigenvalue weighted by atomic mass is 10.00. The number of aromatic amines is 1. The first kappa shape index (κ1) is 13.5. The van der Waals surface area contributed by atoms with Crippen LogP contribution in [0.25, 0.3) is 11.4 Å². The van der Waals surface area contributed by atoms with E-state index in [9.17, 15) is 4.79 Å². The Bertz CT molecular complexity index is 669. The molecule has 19 heavy (non-hydrogen) atoms. The van der Waals surface area contributed by atoms with Crippen molar-refractivity contribution in [3.05, 3.63) is 50.9 Å². The maximum atomic E-state index is 11.8. The number of benzene rings is 1. The van der Waals surface area contributed by atoms with Crippen molar-refractivity contribution in [1.29, 1.82) is 0 Å². The molecule has 1 heterocycles. The monoisotopic (exact) mass is 256 g/mol. The van der Waals surface area contributed by atoms with Crippen LogP contribution in [0.15, 0.2) is 23.0 Å². The second-order valence-corrected chi connectivity index (χ2v) is 5.42. The van der Waals surface area contributed by atoms with E-state index in [0.29, 0.717) is 5.82 Å². The number of aryl methyl sites for hydroxylation is 3. The first-order valence-corrected chi connectivity index (χ1v) is 6.58. The predicted octanol–water partition coefficient (Wildman–Crippen LogP) is 3.49. The summed E-state index contributed by atoms with van der Waals surface area (Å²) in [4.78, 5) is 19.2. The van der Waals surface area contributed by atoms with Crippen LogP contribution in [0.5, 0.6) is 0 Å². The summed E-state index contributed by atoms with van der Waals surface area (Å²) in [6.07, 6.45) is 0. The Morgan fingerprint density at radius 1 is 1.00 bits per heavy atom. The molecule has 0 saturated heterocycles. The molecule has 1 aromatic heterocycles. The molecule has 0 spiro atoms. The predicted molar refractivity (Wildman–Crippen MR) is 78.6 cm³/mol. The Morgan fingerprint density at radius 2 is 1.63 bits per heavy atom. The first-order valence-electron chi connectivity index (χ1n) is 6.58. The van der Waals surface area contributed by atoms with E-state index in [1.54, 1.807) is 6.07 Å². The molecule has 0 fully saturated rings. The van der Waals surface area contributed by atoms with Gasteiger partial charge in [0.2, 0.25) is 0 Å². The van der Waals surface area contributed by atoms with Gasteiger partial charge in [-0.15, -0.1) is 0 Å². The van der Waals surface area contributed by atoms with E-state index in [4.69, 9.17) is 0 Å². The highest BCUT2D eigenvalue weighted by Gasteiger charge is 2.10. The van der Waals surface area contributed by atoms with Gasteiger partial charge in [-0.2, -0.15) is 0 Å². The van der Waals surface area contributed by atoms with Gasteiger partial charge in [-0.1, -0.05) is 19.9 Å². The third-order valence-corrected chi connectivity index (χ3v) is 3.45. The van der Waals surface area contributed by atoms with E-state index in [1.165, 1.54) is 11.1 Å². The second-order valence-electron chi connectivity index (χ2n) is 5.42. The standard InChI is InChI=1S/C16H20N2O/c1-9(2)14-8-15(19)18-16(17-14)13-7-11(4)10(3)6-12(13)5/h6-9H,1-5H3,(H,17,18,19). The number of aromatic nitrogens is 2. The van der Waals surface area contributed by atoms with Crippen molar-refractivity contribution in [2.45, 2.75) is 40.5 Å². The highest BCUT2D eigenvalue weighted by Crippen LogP contribution is 2.24. The quantitative estimate of drug-likeness (QED) is 0.894. The van der Waals surface area contributed by atoms with Gasteiger partial charge in [-0.25, -0.2) is 4.98 Å². The van der Waals surface area contributed by atoms with Gasteiger partial charge < -0.3 is 4.98 Å². The van der Waals surface area contributed by atoms with Gasteiger partial charge in [-0.05, 0) is 49.4 Å². The number of nitrogens with zero attached hydrogens (tertiary/aromatic N) is 1. The van der Waals surface area contributed by atoms with E-state index in [2.05, 4.69) is 35.9 Å². The SMILES string of the molecule is Cc1cc(C)c(-c2nc(C(C)C)cc(=O)[nH]2)cc1C. The molecule has 0 unspecified atom stereocenters. The molecule has 0 aliphatic rings. The zero-order valence-electron chi connectivity index (χ0n) is 12.2. The number of H-pyrrole nitrogens is 1. The molecule has 3 heteroatoms. The Morgan fingerprint density at radius 3 is 2.26 bits per heavy atom. The topological polar surface area (TPSA) is 45.8 Å². The lowest BCUT2D eigenvalue weighted by molar-refractivity contribution is 0.812. The smallest absolute Gasteiger partial charge is 0.251 e. The van der Waals surface area contributed by atoms with Crippen LogP contribution in [0.3, 0.4) is 0 Å². The third kappa shape index (κ3) is 2.75. The normalized spacial score (nSPS) is 11.1. The fourth-order valence-corrected chi connectivity index (χ4v) is 2.12. The molecule has 2 aromatic rings. The zero-order valence-corrected chi connectivity index (χ0v) is 12.2. The summed E-state index contributed by atoms with van der Waals surface area (Å²) in [5.41, 5.74) is 5.33. The van der Waals surface area contributed by atoms with Crippen LogP contribution in [0, 0.1) is 20.8 Å². The van der Waals surface area contributed by atoms with Gasteiger partial charge >= 0.3 is 0 Å². The fourth-order valence-electron chi connectivity index (χ4n) is 2.12. The minimum Gasteiger partial charge on any atom is -0.307 e. The van der Waals surface area contributed by atoms with E-state index in [-0.39, 0.29) is 11.5 Å². The molecule has 0 saturated carbocycles. The molecular weight excluding hydrogens is 236 g/mol. The average molecular weight is 256 g/mol.